The first kappa shape index (κ1) is 4.56. The van der Waals surface area contributed by atoms with Gasteiger partial charge in [-0.2, -0.15) is 0 Å². The molecule has 1 nitrogen and oxygen atoms in total. The molecule has 1 atom stereocenters. The van der Waals surface area contributed by atoms with Gasteiger partial charge in [0, 0.05) is 23.1 Å². The van der Waals surface area contributed by atoms with Gasteiger partial charge in [0.05, 0.1) is 0 Å². The number of alkyl halides is 1. The molecular formula is C4H6IN. The van der Waals surface area contributed by atoms with Crippen molar-refractivity contribution >= 4 is 28.8 Å². The highest BCUT2D eigenvalue weighted by Crippen LogP contribution is 2.05. The molecule has 1 aliphatic rings. The van der Waals surface area contributed by atoms with Gasteiger partial charge in [-0.05, 0) is 0 Å². The molecule has 0 saturated carbocycles. The highest BCUT2D eigenvalue weighted by atomic mass is 127. The Hall–Kier alpha value is 0.400. The molecule has 0 amide bonds. The predicted octanol–water partition coefficient (Wildman–Crippen LogP) is 1.12. The van der Waals surface area contributed by atoms with E-state index in [-0.39, 0.29) is 0 Å². The zero-order valence-corrected chi connectivity index (χ0v) is 5.55. The van der Waals surface area contributed by atoms with E-state index < -0.39 is 0 Å². The molecule has 34 valence electrons. The number of halogens is 1. The van der Waals surface area contributed by atoms with E-state index in [1.807, 2.05) is 6.21 Å². The Labute approximate surface area is 51.0 Å². The first-order valence-electron chi connectivity index (χ1n) is 1.99. The standard InChI is InChI=1S/C4H6IN/c5-1-4-2-6-3-4/h2,4H,1,3H2. The van der Waals surface area contributed by atoms with Crippen LogP contribution in [-0.2, 0) is 0 Å². The summed E-state index contributed by atoms with van der Waals surface area (Å²) in [5.74, 6) is 0.811. The number of nitrogens with zero attached hydrogens (tertiary/aromatic N) is 1. The Kier molecular flexibility index (Phi) is 1.45. The van der Waals surface area contributed by atoms with E-state index in [0.29, 0.717) is 0 Å². The summed E-state index contributed by atoms with van der Waals surface area (Å²) >= 11 is 2.37. The van der Waals surface area contributed by atoms with E-state index in [1.54, 1.807) is 0 Å². The van der Waals surface area contributed by atoms with Crippen molar-refractivity contribution in [2.45, 2.75) is 0 Å². The monoisotopic (exact) mass is 195 g/mol. The summed E-state index contributed by atoms with van der Waals surface area (Å²) in [6.45, 7) is 1.07. The summed E-state index contributed by atoms with van der Waals surface area (Å²) in [5, 5.41) is 0. The summed E-state index contributed by atoms with van der Waals surface area (Å²) in [7, 11) is 0. The lowest BCUT2D eigenvalue weighted by Crippen LogP contribution is -2.16. The SMILES string of the molecule is ICC1C=NC1. The van der Waals surface area contributed by atoms with Crippen LogP contribution in [0.4, 0.5) is 0 Å². The summed E-state index contributed by atoms with van der Waals surface area (Å²) in [6.07, 6.45) is 2.02. The minimum Gasteiger partial charge on any atom is -0.296 e. The number of hydrogen-bond donors (Lipinski definition) is 0. The molecular weight excluding hydrogens is 189 g/mol. The molecule has 2 heteroatoms. The molecule has 0 radical (unpaired) electrons. The topological polar surface area (TPSA) is 12.4 Å². The van der Waals surface area contributed by atoms with E-state index in [2.05, 4.69) is 27.6 Å². The molecule has 0 fully saturated rings. The van der Waals surface area contributed by atoms with Gasteiger partial charge >= 0.3 is 0 Å². The summed E-state index contributed by atoms with van der Waals surface area (Å²) in [6, 6.07) is 0. The molecule has 0 bridgehead atoms. The van der Waals surface area contributed by atoms with Crippen LogP contribution in [0.5, 0.6) is 0 Å². The molecule has 0 N–H and O–H groups in total. The van der Waals surface area contributed by atoms with Crippen molar-refractivity contribution in [3.8, 4) is 0 Å². The van der Waals surface area contributed by atoms with Crippen LogP contribution in [0.1, 0.15) is 0 Å². The summed E-state index contributed by atoms with van der Waals surface area (Å²) in [5.41, 5.74) is 0. The molecule has 1 rings (SSSR count). The Morgan fingerprint density at radius 3 is 2.67 bits per heavy atom. The van der Waals surface area contributed by atoms with Gasteiger partial charge in [-0.1, -0.05) is 22.6 Å². The van der Waals surface area contributed by atoms with Crippen LogP contribution in [0, 0.1) is 5.92 Å². The van der Waals surface area contributed by atoms with Gasteiger partial charge in [-0.3, -0.25) is 4.99 Å². The second-order valence-corrected chi connectivity index (χ2v) is 2.31. The highest BCUT2D eigenvalue weighted by Gasteiger charge is 2.07. The average molecular weight is 195 g/mol. The third-order valence-electron chi connectivity index (χ3n) is 0.854. The molecule has 0 aromatic rings. The quantitative estimate of drug-likeness (QED) is 0.439. The van der Waals surface area contributed by atoms with Crippen LogP contribution in [0.25, 0.3) is 0 Å². The van der Waals surface area contributed by atoms with Gasteiger partial charge in [0.1, 0.15) is 0 Å². The lowest BCUT2D eigenvalue weighted by molar-refractivity contribution is 0.756. The number of aliphatic imine (C=N–C) groups is 1. The van der Waals surface area contributed by atoms with Crippen LogP contribution in [0.3, 0.4) is 0 Å². The third-order valence-corrected chi connectivity index (χ3v) is 1.99. The van der Waals surface area contributed by atoms with Crippen molar-refractivity contribution in [1.82, 2.24) is 0 Å². The van der Waals surface area contributed by atoms with Crippen LogP contribution in [-0.4, -0.2) is 17.2 Å². The average Bonchev–Trinajstić information content (AvgIpc) is 1.31. The maximum atomic E-state index is 3.94. The number of hydrogen-bond acceptors (Lipinski definition) is 1. The van der Waals surface area contributed by atoms with E-state index in [1.165, 1.54) is 4.43 Å². The van der Waals surface area contributed by atoms with E-state index >= 15 is 0 Å². The van der Waals surface area contributed by atoms with Gasteiger partial charge in [0.25, 0.3) is 0 Å². The smallest absolute Gasteiger partial charge is 0.0470 e. The lowest BCUT2D eigenvalue weighted by atomic mass is 10.1. The second-order valence-electron chi connectivity index (χ2n) is 1.43. The van der Waals surface area contributed by atoms with E-state index in [4.69, 9.17) is 0 Å². The van der Waals surface area contributed by atoms with Crippen molar-refractivity contribution < 1.29 is 0 Å². The van der Waals surface area contributed by atoms with Crippen molar-refractivity contribution in [3.63, 3.8) is 0 Å². The molecule has 6 heavy (non-hydrogen) atoms. The first-order valence-corrected chi connectivity index (χ1v) is 3.52. The molecule has 1 heterocycles. The minimum atomic E-state index is 0.811. The van der Waals surface area contributed by atoms with Crippen LogP contribution < -0.4 is 0 Å². The number of rotatable bonds is 1. The zero-order chi connectivity index (χ0) is 4.41. The van der Waals surface area contributed by atoms with Crippen LogP contribution >= 0.6 is 22.6 Å². The molecule has 0 saturated heterocycles. The van der Waals surface area contributed by atoms with Crippen molar-refractivity contribution in [2.24, 2.45) is 10.9 Å². The molecule has 0 aromatic heterocycles. The van der Waals surface area contributed by atoms with E-state index in [9.17, 15) is 0 Å². The van der Waals surface area contributed by atoms with E-state index in [0.717, 1.165) is 12.5 Å². The normalized spacial score (nSPS) is 29.8. The fourth-order valence-electron chi connectivity index (χ4n) is 0.343. The molecule has 0 aliphatic carbocycles. The molecule has 1 unspecified atom stereocenters. The predicted molar refractivity (Wildman–Crippen MR) is 35.7 cm³/mol. The van der Waals surface area contributed by atoms with Crippen LogP contribution in [0.15, 0.2) is 4.99 Å². The van der Waals surface area contributed by atoms with Crippen molar-refractivity contribution in [1.29, 1.82) is 0 Å². The minimum absolute atomic E-state index is 0.811. The Morgan fingerprint density at radius 2 is 2.67 bits per heavy atom. The Bertz CT molecular complexity index is 69.9. The largest absolute Gasteiger partial charge is 0.296 e. The zero-order valence-electron chi connectivity index (χ0n) is 3.39. The van der Waals surface area contributed by atoms with Crippen molar-refractivity contribution in [2.75, 3.05) is 11.0 Å². The third kappa shape index (κ3) is 0.721. The van der Waals surface area contributed by atoms with Gasteiger partial charge in [-0.15, -0.1) is 0 Å². The molecule has 0 spiro atoms. The fourth-order valence-corrected chi connectivity index (χ4v) is 0.849. The summed E-state index contributed by atoms with van der Waals surface area (Å²) in [4.78, 5) is 3.94. The summed E-state index contributed by atoms with van der Waals surface area (Å²) < 4.78 is 1.24. The first-order chi connectivity index (χ1) is 2.93. The lowest BCUT2D eigenvalue weighted by Gasteiger charge is -2.11. The molecule has 1 aliphatic heterocycles. The van der Waals surface area contributed by atoms with Gasteiger partial charge in [0.15, 0.2) is 0 Å². The fraction of sp³-hybridized carbons (Fsp3) is 0.750. The van der Waals surface area contributed by atoms with Gasteiger partial charge in [-0.25, -0.2) is 0 Å². The Morgan fingerprint density at radius 1 is 2.00 bits per heavy atom. The maximum absolute atomic E-state index is 3.94. The maximum Gasteiger partial charge on any atom is 0.0470 e. The highest BCUT2D eigenvalue weighted by molar-refractivity contribution is 14.1. The van der Waals surface area contributed by atoms with Crippen molar-refractivity contribution in [3.05, 3.63) is 0 Å². The van der Waals surface area contributed by atoms with Crippen LogP contribution in [0.2, 0.25) is 0 Å². The second kappa shape index (κ2) is 1.91. The van der Waals surface area contributed by atoms with Gasteiger partial charge in [0.2, 0.25) is 0 Å². The van der Waals surface area contributed by atoms with Gasteiger partial charge < -0.3 is 0 Å². The Balaban J connectivity index is 2.21. The molecule has 0 aromatic carbocycles.